The van der Waals surface area contributed by atoms with Crippen molar-refractivity contribution in [3.8, 4) is 10.4 Å². The summed E-state index contributed by atoms with van der Waals surface area (Å²) < 4.78 is 5.00. The van der Waals surface area contributed by atoms with E-state index in [1.807, 2.05) is 22.9 Å². The molecule has 3 aromatic rings. The summed E-state index contributed by atoms with van der Waals surface area (Å²) in [5, 5.41) is 4.69. The summed E-state index contributed by atoms with van der Waals surface area (Å²) in [5.74, 6) is 0.680. The molecular formula is C13H12N2O2S2. The largest absolute Gasteiger partial charge is 0.384 e. The first-order valence-corrected chi connectivity index (χ1v) is 7.58. The third-order valence-electron chi connectivity index (χ3n) is 2.82. The highest BCUT2D eigenvalue weighted by atomic mass is 32.1. The summed E-state index contributed by atoms with van der Waals surface area (Å²) >= 11 is 3.14. The molecule has 1 N–H and O–H groups in total. The number of methoxy groups -OCH3 is 1. The monoisotopic (exact) mass is 292 g/mol. The third kappa shape index (κ3) is 2.34. The van der Waals surface area contributed by atoms with Gasteiger partial charge in [-0.15, -0.1) is 22.7 Å². The fourth-order valence-electron chi connectivity index (χ4n) is 1.92. The van der Waals surface area contributed by atoms with Gasteiger partial charge in [0.2, 0.25) is 0 Å². The van der Waals surface area contributed by atoms with Gasteiger partial charge in [-0.2, -0.15) is 0 Å². The molecule has 3 rings (SSSR count). The number of ether oxygens (including phenoxy) is 1. The quantitative estimate of drug-likeness (QED) is 0.804. The van der Waals surface area contributed by atoms with Gasteiger partial charge in [-0.3, -0.25) is 4.79 Å². The average Bonchev–Trinajstić information content (AvgIpc) is 3.04. The number of hydrogen-bond acceptors (Lipinski definition) is 5. The molecule has 0 saturated heterocycles. The third-order valence-corrected chi connectivity index (χ3v) is 4.60. The Morgan fingerprint density at radius 2 is 2.32 bits per heavy atom. The predicted molar refractivity (Wildman–Crippen MR) is 79.1 cm³/mol. The smallest absolute Gasteiger partial charge is 0.260 e. The molecule has 3 heterocycles. The number of fused-ring (bicyclic) bond motifs is 1. The molecule has 0 amide bonds. The van der Waals surface area contributed by atoms with Crippen LogP contribution >= 0.6 is 22.7 Å². The minimum absolute atomic E-state index is 0.0687. The Balaban J connectivity index is 2.12. The predicted octanol–water partition coefficient (Wildman–Crippen LogP) is 2.90. The molecule has 0 aliphatic carbocycles. The molecule has 0 radical (unpaired) electrons. The van der Waals surface area contributed by atoms with Crippen molar-refractivity contribution in [1.29, 1.82) is 0 Å². The lowest BCUT2D eigenvalue weighted by molar-refractivity contribution is 0.200. The van der Waals surface area contributed by atoms with Crippen LogP contribution in [0, 0.1) is 0 Å². The van der Waals surface area contributed by atoms with Crippen LogP contribution in [0.5, 0.6) is 0 Å². The Hall–Kier alpha value is -1.50. The number of thiophene rings is 2. The minimum Gasteiger partial charge on any atom is -0.384 e. The highest BCUT2D eigenvalue weighted by Gasteiger charge is 2.13. The van der Waals surface area contributed by atoms with E-state index < -0.39 is 0 Å². The standard InChI is InChI=1S/C13H12N2O2S2/c1-17-5-4-10-14-12(16)11-8(7-19-13(11)15-10)9-3-2-6-18-9/h2-3,6-7H,4-5H2,1H3,(H,14,15,16). The summed E-state index contributed by atoms with van der Waals surface area (Å²) in [6.45, 7) is 0.553. The van der Waals surface area contributed by atoms with Crippen molar-refractivity contribution in [3.63, 3.8) is 0 Å². The normalized spacial score (nSPS) is 11.2. The van der Waals surface area contributed by atoms with Crippen LogP contribution in [0.1, 0.15) is 5.82 Å². The Morgan fingerprint density at radius 3 is 3.05 bits per heavy atom. The Morgan fingerprint density at radius 1 is 1.42 bits per heavy atom. The van der Waals surface area contributed by atoms with Gasteiger partial charge in [0.25, 0.3) is 5.56 Å². The summed E-state index contributed by atoms with van der Waals surface area (Å²) in [7, 11) is 1.64. The van der Waals surface area contributed by atoms with E-state index in [1.54, 1.807) is 18.4 Å². The second-order valence-corrected chi connectivity index (χ2v) is 5.87. The van der Waals surface area contributed by atoms with Crippen molar-refractivity contribution < 1.29 is 4.74 Å². The van der Waals surface area contributed by atoms with Crippen LogP contribution in [0.4, 0.5) is 0 Å². The highest BCUT2D eigenvalue weighted by molar-refractivity contribution is 7.18. The molecule has 0 saturated carbocycles. The number of hydrogen-bond donors (Lipinski definition) is 1. The van der Waals surface area contributed by atoms with Gasteiger partial charge < -0.3 is 9.72 Å². The molecule has 0 fully saturated rings. The van der Waals surface area contributed by atoms with Crippen molar-refractivity contribution in [2.75, 3.05) is 13.7 Å². The second-order valence-electron chi connectivity index (χ2n) is 4.06. The van der Waals surface area contributed by atoms with Gasteiger partial charge in [-0.25, -0.2) is 4.98 Å². The molecule has 6 heteroatoms. The van der Waals surface area contributed by atoms with E-state index in [-0.39, 0.29) is 5.56 Å². The summed E-state index contributed by atoms with van der Waals surface area (Å²) in [4.78, 5) is 21.4. The van der Waals surface area contributed by atoms with Gasteiger partial charge >= 0.3 is 0 Å². The van der Waals surface area contributed by atoms with E-state index in [1.165, 1.54) is 11.3 Å². The van der Waals surface area contributed by atoms with E-state index in [2.05, 4.69) is 9.97 Å². The SMILES string of the molecule is COCCc1nc2scc(-c3cccs3)c2c(=O)[nH]1. The van der Waals surface area contributed by atoms with Gasteiger partial charge in [0.05, 0.1) is 12.0 Å². The van der Waals surface area contributed by atoms with Gasteiger partial charge in [0, 0.05) is 29.4 Å². The maximum absolute atomic E-state index is 12.2. The molecule has 0 aromatic carbocycles. The lowest BCUT2D eigenvalue weighted by atomic mass is 10.2. The van der Waals surface area contributed by atoms with Crippen molar-refractivity contribution >= 4 is 32.9 Å². The van der Waals surface area contributed by atoms with Gasteiger partial charge in [0.1, 0.15) is 10.7 Å². The molecule has 0 aliphatic heterocycles. The summed E-state index contributed by atoms with van der Waals surface area (Å²) in [6, 6.07) is 4.00. The zero-order chi connectivity index (χ0) is 13.2. The molecule has 19 heavy (non-hydrogen) atoms. The van der Waals surface area contributed by atoms with Crippen LogP contribution in [-0.2, 0) is 11.2 Å². The molecule has 0 atom stereocenters. The molecule has 0 bridgehead atoms. The molecule has 0 unspecified atom stereocenters. The maximum atomic E-state index is 12.2. The second kappa shape index (κ2) is 5.24. The van der Waals surface area contributed by atoms with Gasteiger partial charge in [-0.1, -0.05) is 6.07 Å². The number of nitrogens with zero attached hydrogens (tertiary/aromatic N) is 1. The van der Waals surface area contributed by atoms with Crippen molar-refractivity contribution in [1.82, 2.24) is 9.97 Å². The molecule has 98 valence electrons. The van der Waals surface area contributed by atoms with Crippen molar-refractivity contribution in [2.24, 2.45) is 0 Å². The molecule has 0 aliphatic rings. The Kier molecular flexibility index (Phi) is 3.46. The van der Waals surface area contributed by atoms with Gasteiger partial charge in [0.15, 0.2) is 0 Å². The Labute approximate surface area is 117 Å². The minimum atomic E-state index is -0.0687. The number of H-pyrrole nitrogens is 1. The zero-order valence-corrected chi connectivity index (χ0v) is 11.9. The summed E-state index contributed by atoms with van der Waals surface area (Å²) in [6.07, 6.45) is 0.619. The average molecular weight is 292 g/mol. The fraction of sp³-hybridized carbons (Fsp3) is 0.231. The van der Waals surface area contributed by atoms with E-state index in [9.17, 15) is 4.79 Å². The van der Waals surface area contributed by atoms with Crippen molar-refractivity contribution in [2.45, 2.75) is 6.42 Å². The summed E-state index contributed by atoms with van der Waals surface area (Å²) in [5.41, 5.74) is 0.905. The van der Waals surface area contributed by atoms with Crippen LogP contribution in [0.25, 0.3) is 20.7 Å². The topological polar surface area (TPSA) is 55.0 Å². The van der Waals surface area contributed by atoms with Crippen molar-refractivity contribution in [3.05, 3.63) is 39.1 Å². The Bertz CT molecular complexity index is 744. The molecular weight excluding hydrogens is 280 g/mol. The van der Waals surface area contributed by atoms with Crippen LogP contribution in [-0.4, -0.2) is 23.7 Å². The first-order valence-electron chi connectivity index (χ1n) is 5.83. The maximum Gasteiger partial charge on any atom is 0.260 e. The lowest BCUT2D eigenvalue weighted by Gasteiger charge is -2.00. The van der Waals surface area contributed by atoms with E-state index in [0.29, 0.717) is 24.2 Å². The van der Waals surface area contributed by atoms with Crippen LogP contribution in [0.3, 0.4) is 0 Å². The van der Waals surface area contributed by atoms with E-state index in [4.69, 9.17) is 4.74 Å². The lowest BCUT2D eigenvalue weighted by Crippen LogP contribution is -2.12. The highest BCUT2D eigenvalue weighted by Crippen LogP contribution is 2.33. The number of aromatic nitrogens is 2. The first kappa shape index (κ1) is 12.5. The first-order chi connectivity index (χ1) is 9.29. The zero-order valence-electron chi connectivity index (χ0n) is 10.3. The molecule has 4 nitrogen and oxygen atoms in total. The molecule has 3 aromatic heterocycles. The van der Waals surface area contributed by atoms with E-state index >= 15 is 0 Å². The van der Waals surface area contributed by atoms with Crippen LogP contribution in [0.2, 0.25) is 0 Å². The number of rotatable bonds is 4. The van der Waals surface area contributed by atoms with Gasteiger partial charge in [-0.05, 0) is 11.4 Å². The molecule has 0 spiro atoms. The number of aromatic amines is 1. The van der Waals surface area contributed by atoms with Crippen LogP contribution < -0.4 is 5.56 Å². The number of nitrogens with one attached hydrogen (secondary N) is 1. The van der Waals surface area contributed by atoms with E-state index in [0.717, 1.165) is 15.3 Å². The van der Waals surface area contributed by atoms with Crippen LogP contribution in [0.15, 0.2) is 27.7 Å². The fourth-order valence-corrected chi connectivity index (χ4v) is 3.70.